The van der Waals surface area contributed by atoms with Crippen LogP contribution in [-0.4, -0.2) is 70.0 Å². The summed E-state index contributed by atoms with van der Waals surface area (Å²) < 4.78 is 1.23. The third kappa shape index (κ3) is 3.72. The first-order chi connectivity index (χ1) is 14.5. The summed E-state index contributed by atoms with van der Waals surface area (Å²) in [6.07, 6.45) is 3.55. The number of piperazine rings is 1. The van der Waals surface area contributed by atoms with Gasteiger partial charge in [-0.3, -0.25) is 14.6 Å². The van der Waals surface area contributed by atoms with Crippen molar-refractivity contribution in [3.8, 4) is 0 Å². The Bertz CT molecular complexity index is 911. The average Bonchev–Trinajstić information content (AvgIpc) is 3.25. The standard InChI is InChI=1S/C22H29N5O2S/c1-16-6-8-22(9-7-16)20(28)27(21(29)24-22)15-26-12-10-25(11-13-26)14-19-23-17-4-2-3-5-18(17)30-19/h2-5,16H,6-15H2,1H3,(H,24,29). The first-order valence-electron chi connectivity index (χ1n) is 11.0. The summed E-state index contributed by atoms with van der Waals surface area (Å²) in [6.45, 7) is 7.02. The molecule has 3 fully saturated rings. The summed E-state index contributed by atoms with van der Waals surface area (Å²) in [7, 11) is 0. The summed E-state index contributed by atoms with van der Waals surface area (Å²) >= 11 is 1.76. The number of urea groups is 1. The Balaban J connectivity index is 1.15. The van der Waals surface area contributed by atoms with E-state index in [0.29, 0.717) is 12.6 Å². The van der Waals surface area contributed by atoms with Crippen molar-refractivity contribution in [3.05, 3.63) is 29.3 Å². The van der Waals surface area contributed by atoms with Crippen molar-refractivity contribution in [2.24, 2.45) is 5.92 Å². The van der Waals surface area contributed by atoms with Gasteiger partial charge in [0.2, 0.25) is 0 Å². The van der Waals surface area contributed by atoms with Crippen LogP contribution in [0.2, 0.25) is 0 Å². The van der Waals surface area contributed by atoms with E-state index in [2.05, 4.69) is 40.2 Å². The van der Waals surface area contributed by atoms with Gasteiger partial charge in [0.25, 0.3) is 5.91 Å². The van der Waals surface area contributed by atoms with Gasteiger partial charge in [-0.05, 0) is 43.7 Å². The second-order valence-electron chi connectivity index (χ2n) is 9.04. The van der Waals surface area contributed by atoms with Crippen molar-refractivity contribution in [2.75, 3.05) is 32.8 Å². The van der Waals surface area contributed by atoms with E-state index in [1.807, 2.05) is 6.07 Å². The van der Waals surface area contributed by atoms with Crippen LogP contribution in [0.3, 0.4) is 0 Å². The minimum absolute atomic E-state index is 0.0173. The van der Waals surface area contributed by atoms with Crippen LogP contribution in [-0.2, 0) is 11.3 Å². The van der Waals surface area contributed by atoms with Crippen molar-refractivity contribution < 1.29 is 9.59 Å². The predicted octanol–water partition coefficient (Wildman–Crippen LogP) is 2.87. The summed E-state index contributed by atoms with van der Waals surface area (Å²) in [5.41, 5.74) is 0.430. The first kappa shape index (κ1) is 19.9. The molecule has 2 saturated heterocycles. The molecule has 0 atom stereocenters. The highest BCUT2D eigenvalue weighted by Gasteiger charge is 2.52. The number of nitrogens with one attached hydrogen (secondary N) is 1. The van der Waals surface area contributed by atoms with Crippen LogP contribution in [0.1, 0.15) is 37.6 Å². The highest BCUT2D eigenvalue weighted by Crippen LogP contribution is 2.36. The number of carbonyl (C=O) groups excluding carboxylic acids is 2. The fourth-order valence-corrected chi connectivity index (χ4v) is 5.88. The van der Waals surface area contributed by atoms with Crippen LogP contribution in [0.25, 0.3) is 10.2 Å². The Morgan fingerprint density at radius 1 is 1.10 bits per heavy atom. The van der Waals surface area contributed by atoms with Crippen molar-refractivity contribution in [2.45, 2.75) is 44.7 Å². The number of para-hydroxylation sites is 1. The Kier molecular flexibility index (Phi) is 5.24. The number of amides is 3. The Morgan fingerprint density at radius 3 is 2.53 bits per heavy atom. The quantitative estimate of drug-likeness (QED) is 0.760. The zero-order chi connectivity index (χ0) is 20.7. The largest absolute Gasteiger partial charge is 0.326 e. The van der Waals surface area contributed by atoms with Gasteiger partial charge in [-0.15, -0.1) is 11.3 Å². The number of fused-ring (bicyclic) bond motifs is 1. The van der Waals surface area contributed by atoms with Gasteiger partial charge in [0.05, 0.1) is 23.4 Å². The van der Waals surface area contributed by atoms with E-state index >= 15 is 0 Å². The fourth-order valence-electron chi connectivity index (χ4n) is 4.87. The number of aromatic nitrogens is 1. The zero-order valence-corrected chi connectivity index (χ0v) is 18.3. The monoisotopic (exact) mass is 427 g/mol. The Labute approximate surface area is 181 Å². The normalized spacial score (nSPS) is 28.6. The highest BCUT2D eigenvalue weighted by molar-refractivity contribution is 7.18. The molecule has 1 aromatic carbocycles. The number of benzene rings is 1. The van der Waals surface area contributed by atoms with E-state index in [1.165, 1.54) is 9.60 Å². The molecule has 7 nitrogen and oxygen atoms in total. The Morgan fingerprint density at radius 2 is 1.80 bits per heavy atom. The number of carbonyl (C=O) groups is 2. The van der Waals surface area contributed by atoms with Crippen LogP contribution in [0.4, 0.5) is 4.79 Å². The van der Waals surface area contributed by atoms with Crippen LogP contribution in [0.15, 0.2) is 24.3 Å². The molecule has 160 valence electrons. The molecule has 30 heavy (non-hydrogen) atoms. The van der Waals surface area contributed by atoms with Crippen LogP contribution >= 0.6 is 11.3 Å². The van der Waals surface area contributed by atoms with Crippen molar-refractivity contribution in [1.82, 2.24) is 25.0 Å². The van der Waals surface area contributed by atoms with E-state index in [1.54, 1.807) is 11.3 Å². The van der Waals surface area contributed by atoms with Crippen molar-refractivity contribution in [1.29, 1.82) is 0 Å². The molecule has 1 aliphatic carbocycles. The molecule has 0 radical (unpaired) electrons. The van der Waals surface area contributed by atoms with E-state index in [9.17, 15) is 9.59 Å². The highest BCUT2D eigenvalue weighted by atomic mass is 32.1. The van der Waals surface area contributed by atoms with Crippen LogP contribution in [0, 0.1) is 5.92 Å². The molecule has 1 saturated carbocycles. The molecule has 2 aromatic rings. The number of hydrogen-bond donors (Lipinski definition) is 1. The lowest BCUT2D eigenvalue weighted by molar-refractivity contribution is -0.134. The van der Waals surface area contributed by atoms with Gasteiger partial charge >= 0.3 is 6.03 Å². The van der Waals surface area contributed by atoms with Crippen molar-refractivity contribution >= 4 is 33.5 Å². The lowest BCUT2D eigenvalue weighted by Crippen LogP contribution is -2.52. The summed E-state index contributed by atoms with van der Waals surface area (Å²) in [4.78, 5) is 36.4. The van der Waals surface area contributed by atoms with E-state index in [-0.39, 0.29) is 11.9 Å². The molecule has 1 spiro atoms. The molecule has 1 N–H and O–H groups in total. The molecule has 3 aliphatic rings. The number of rotatable bonds is 4. The molecule has 3 heterocycles. The molecule has 8 heteroatoms. The molecule has 0 unspecified atom stereocenters. The zero-order valence-electron chi connectivity index (χ0n) is 17.5. The second-order valence-corrected chi connectivity index (χ2v) is 10.2. The Hall–Kier alpha value is -2.03. The second kappa shape index (κ2) is 7.90. The van der Waals surface area contributed by atoms with Gasteiger partial charge in [-0.25, -0.2) is 14.7 Å². The molecular formula is C22H29N5O2S. The maximum absolute atomic E-state index is 13.1. The van der Waals surface area contributed by atoms with Crippen LogP contribution < -0.4 is 5.32 Å². The van der Waals surface area contributed by atoms with E-state index in [0.717, 1.165) is 68.9 Å². The van der Waals surface area contributed by atoms with Gasteiger partial charge in [-0.2, -0.15) is 0 Å². The lowest BCUT2D eigenvalue weighted by Gasteiger charge is -2.36. The first-order valence-corrected chi connectivity index (χ1v) is 11.8. The van der Waals surface area contributed by atoms with Crippen LogP contribution in [0.5, 0.6) is 0 Å². The van der Waals surface area contributed by atoms with Gasteiger partial charge in [0.1, 0.15) is 10.5 Å². The number of hydrogen-bond acceptors (Lipinski definition) is 6. The average molecular weight is 428 g/mol. The maximum Gasteiger partial charge on any atom is 0.326 e. The summed E-state index contributed by atoms with van der Waals surface area (Å²) in [5, 5.41) is 4.17. The number of nitrogens with zero attached hydrogens (tertiary/aromatic N) is 4. The molecule has 1 aromatic heterocycles. The molecular weight excluding hydrogens is 398 g/mol. The smallest absolute Gasteiger partial charge is 0.323 e. The van der Waals surface area contributed by atoms with E-state index < -0.39 is 5.54 Å². The van der Waals surface area contributed by atoms with E-state index in [4.69, 9.17) is 4.98 Å². The topological polar surface area (TPSA) is 68.8 Å². The predicted molar refractivity (Wildman–Crippen MR) is 117 cm³/mol. The minimum Gasteiger partial charge on any atom is -0.323 e. The lowest BCUT2D eigenvalue weighted by atomic mass is 9.77. The number of thiazole rings is 1. The molecule has 0 bridgehead atoms. The van der Waals surface area contributed by atoms with Gasteiger partial charge in [-0.1, -0.05) is 19.1 Å². The summed E-state index contributed by atoms with van der Waals surface area (Å²) in [5.74, 6) is 0.620. The SMILES string of the molecule is CC1CCC2(CC1)NC(=O)N(CN1CCN(Cc3nc4ccccc4s3)CC1)C2=O. The summed E-state index contributed by atoms with van der Waals surface area (Å²) in [6, 6.07) is 8.04. The third-order valence-electron chi connectivity index (χ3n) is 6.88. The number of imide groups is 1. The van der Waals surface area contributed by atoms with Crippen molar-refractivity contribution in [3.63, 3.8) is 0 Å². The maximum atomic E-state index is 13.1. The molecule has 5 rings (SSSR count). The van der Waals surface area contributed by atoms with Gasteiger partial charge < -0.3 is 5.32 Å². The molecule has 2 aliphatic heterocycles. The molecule has 3 amide bonds. The van der Waals surface area contributed by atoms with Gasteiger partial charge in [0.15, 0.2) is 0 Å². The minimum atomic E-state index is -0.641. The van der Waals surface area contributed by atoms with Gasteiger partial charge in [0, 0.05) is 26.2 Å². The third-order valence-corrected chi connectivity index (χ3v) is 7.90. The fraction of sp³-hybridized carbons (Fsp3) is 0.591.